The Morgan fingerprint density at radius 2 is 1.81 bits per heavy atom. The molecule has 0 spiro atoms. The number of fused-ring (bicyclic) bond motifs is 5. The molecule has 2 bridgehead atoms. The standard InChI is InChI=1S/C22H22Cl2N4O3/c23-15-2-1-12(7-16(15)24)27-21(29)18-17(19-13-8-14(13)20(18)31-19)11-9-25-22(26-10-11)28-3-5-30-6-4-28/h1-2,7,9-10,13-14,17-20H,3-6,8H2,(H,27,29). The highest BCUT2D eigenvalue weighted by Crippen LogP contribution is 2.65. The van der Waals surface area contributed by atoms with Gasteiger partial charge in [0, 0.05) is 37.1 Å². The van der Waals surface area contributed by atoms with Crippen molar-refractivity contribution < 1.29 is 14.3 Å². The number of benzene rings is 1. The third-order valence-electron chi connectivity index (χ3n) is 6.97. The molecule has 9 heteroatoms. The van der Waals surface area contributed by atoms with Crippen LogP contribution < -0.4 is 10.2 Å². The third kappa shape index (κ3) is 3.39. The summed E-state index contributed by atoms with van der Waals surface area (Å²) in [5, 5.41) is 3.88. The van der Waals surface area contributed by atoms with E-state index in [4.69, 9.17) is 32.7 Å². The molecule has 0 radical (unpaired) electrons. The Morgan fingerprint density at radius 3 is 2.55 bits per heavy atom. The van der Waals surface area contributed by atoms with Crippen molar-refractivity contribution in [3.05, 3.63) is 46.2 Å². The van der Waals surface area contributed by atoms with E-state index in [9.17, 15) is 4.79 Å². The van der Waals surface area contributed by atoms with Gasteiger partial charge >= 0.3 is 0 Å². The molecule has 1 saturated carbocycles. The number of hydrogen-bond acceptors (Lipinski definition) is 6. The number of nitrogens with zero attached hydrogens (tertiary/aromatic N) is 3. The van der Waals surface area contributed by atoms with E-state index in [0.717, 1.165) is 25.1 Å². The van der Waals surface area contributed by atoms with E-state index in [2.05, 4.69) is 20.2 Å². The average molecular weight is 461 g/mol. The van der Waals surface area contributed by atoms with Gasteiger partial charge in [0.1, 0.15) is 0 Å². The van der Waals surface area contributed by atoms with Gasteiger partial charge in [-0.3, -0.25) is 4.79 Å². The van der Waals surface area contributed by atoms with Gasteiger partial charge in [-0.2, -0.15) is 0 Å². The number of anilines is 2. The molecule has 162 valence electrons. The molecule has 1 amide bonds. The number of carbonyl (C=O) groups excluding carboxylic acids is 1. The van der Waals surface area contributed by atoms with E-state index in [0.29, 0.717) is 46.7 Å². The van der Waals surface area contributed by atoms with Crippen molar-refractivity contribution in [3.8, 4) is 0 Å². The molecule has 6 atom stereocenters. The minimum Gasteiger partial charge on any atom is -0.378 e. The highest BCUT2D eigenvalue weighted by molar-refractivity contribution is 6.42. The van der Waals surface area contributed by atoms with E-state index < -0.39 is 0 Å². The molecular formula is C22H22Cl2N4O3. The van der Waals surface area contributed by atoms with Gasteiger partial charge in [0.25, 0.3) is 0 Å². The summed E-state index contributed by atoms with van der Waals surface area (Å²) in [6.45, 7) is 2.95. The summed E-state index contributed by atoms with van der Waals surface area (Å²) in [6.07, 6.45) is 4.86. The lowest BCUT2D eigenvalue weighted by Crippen LogP contribution is -2.38. The van der Waals surface area contributed by atoms with Gasteiger partial charge < -0.3 is 19.7 Å². The molecule has 1 aromatic carbocycles. The van der Waals surface area contributed by atoms with Crippen molar-refractivity contribution >= 4 is 40.7 Å². The Labute approximate surface area is 190 Å². The number of ether oxygens (including phenoxy) is 2. The molecule has 3 saturated heterocycles. The molecule has 31 heavy (non-hydrogen) atoms. The van der Waals surface area contributed by atoms with Crippen LogP contribution in [0.25, 0.3) is 0 Å². The first kappa shape index (κ1) is 19.7. The van der Waals surface area contributed by atoms with Crippen molar-refractivity contribution in [1.82, 2.24) is 9.97 Å². The van der Waals surface area contributed by atoms with Crippen molar-refractivity contribution in [2.75, 3.05) is 36.5 Å². The summed E-state index contributed by atoms with van der Waals surface area (Å²) in [5.41, 5.74) is 1.59. The number of rotatable bonds is 4. The average Bonchev–Trinajstić information content (AvgIpc) is 3.41. The highest BCUT2D eigenvalue weighted by Gasteiger charge is 2.68. The molecule has 2 aromatic rings. The van der Waals surface area contributed by atoms with Crippen LogP contribution in [-0.2, 0) is 14.3 Å². The molecule has 4 fully saturated rings. The molecule has 1 aromatic heterocycles. The zero-order chi connectivity index (χ0) is 21.1. The second-order valence-electron chi connectivity index (χ2n) is 8.71. The van der Waals surface area contributed by atoms with Gasteiger partial charge in [-0.15, -0.1) is 0 Å². The van der Waals surface area contributed by atoms with Gasteiger partial charge in [0.15, 0.2) is 0 Å². The fraction of sp³-hybridized carbons (Fsp3) is 0.500. The SMILES string of the molecule is O=C(Nc1ccc(Cl)c(Cl)c1)C1C2OC(C3CC32)C1c1cnc(N2CCOCC2)nc1. The predicted octanol–water partition coefficient (Wildman–Crippen LogP) is 3.38. The van der Waals surface area contributed by atoms with Crippen LogP contribution in [0.2, 0.25) is 10.0 Å². The highest BCUT2D eigenvalue weighted by atomic mass is 35.5. The summed E-state index contributed by atoms with van der Waals surface area (Å²) in [5.74, 6) is 1.36. The molecule has 7 nitrogen and oxygen atoms in total. The largest absolute Gasteiger partial charge is 0.378 e. The number of halogens is 2. The van der Waals surface area contributed by atoms with Gasteiger partial charge in [0.05, 0.1) is 41.4 Å². The molecule has 4 heterocycles. The van der Waals surface area contributed by atoms with E-state index in [-0.39, 0.29) is 30.0 Å². The van der Waals surface area contributed by atoms with Crippen molar-refractivity contribution in [3.63, 3.8) is 0 Å². The van der Waals surface area contributed by atoms with Gasteiger partial charge in [0.2, 0.25) is 11.9 Å². The fourth-order valence-corrected chi connectivity index (χ4v) is 5.72. The van der Waals surface area contributed by atoms with Crippen LogP contribution in [0.5, 0.6) is 0 Å². The van der Waals surface area contributed by atoms with Crippen LogP contribution in [0.4, 0.5) is 11.6 Å². The van der Waals surface area contributed by atoms with Crippen LogP contribution in [-0.4, -0.2) is 54.4 Å². The van der Waals surface area contributed by atoms with Crippen molar-refractivity contribution in [2.24, 2.45) is 17.8 Å². The Bertz CT molecular complexity index is 1010. The van der Waals surface area contributed by atoms with Gasteiger partial charge in [-0.1, -0.05) is 23.2 Å². The fourth-order valence-electron chi connectivity index (χ4n) is 5.42. The van der Waals surface area contributed by atoms with Crippen molar-refractivity contribution in [1.29, 1.82) is 0 Å². The summed E-state index contributed by atoms with van der Waals surface area (Å²) >= 11 is 12.1. The first-order valence-corrected chi connectivity index (χ1v) is 11.4. The van der Waals surface area contributed by atoms with Crippen LogP contribution in [0.3, 0.4) is 0 Å². The quantitative estimate of drug-likeness (QED) is 0.753. The van der Waals surface area contributed by atoms with Crippen LogP contribution >= 0.6 is 23.2 Å². The van der Waals surface area contributed by atoms with Gasteiger partial charge in [-0.25, -0.2) is 9.97 Å². The maximum atomic E-state index is 13.3. The van der Waals surface area contributed by atoms with E-state index >= 15 is 0 Å². The summed E-state index contributed by atoms with van der Waals surface area (Å²) in [7, 11) is 0. The van der Waals surface area contributed by atoms with Crippen molar-refractivity contribution in [2.45, 2.75) is 24.5 Å². The molecule has 3 aliphatic heterocycles. The lowest BCUT2D eigenvalue weighted by atomic mass is 9.75. The Kier molecular flexibility index (Phi) is 4.83. The smallest absolute Gasteiger partial charge is 0.230 e. The van der Waals surface area contributed by atoms with E-state index in [1.165, 1.54) is 0 Å². The second-order valence-corrected chi connectivity index (χ2v) is 9.53. The molecule has 1 N–H and O–H groups in total. The van der Waals surface area contributed by atoms with Gasteiger partial charge in [-0.05, 0) is 42.0 Å². The van der Waals surface area contributed by atoms with Crippen LogP contribution in [0, 0.1) is 17.8 Å². The first-order valence-electron chi connectivity index (χ1n) is 10.7. The minimum atomic E-state index is -0.277. The predicted molar refractivity (Wildman–Crippen MR) is 117 cm³/mol. The number of nitrogens with one attached hydrogen (secondary N) is 1. The second kappa shape index (κ2) is 7.59. The lowest BCUT2D eigenvalue weighted by Gasteiger charge is -2.28. The first-order chi connectivity index (χ1) is 15.1. The topological polar surface area (TPSA) is 76.6 Å². The zero-order valence-electron chi connectivity index (χ0n) is 16.7. The Balaban J connectivity index is 1.25. The van der Waals surface area contributed by atoms with Crippen LogP contribution in [0.1, 0.15) is 17.9 Å². The Morgan fingerprint density at radius 1 is 1.06 bits per heavy atom. The zero-order valence-corrected chi connectivity index (χ0v) is 18.2. The summed E-state index contributed by atoms with van der Waals surface area (Å²) < 4.78 is 11.7. The summed E-state index contributed by atoms with van der Waals surface area (Å²) in [4.78, 5) is 24.7. The normalized spacial score (nSPS) is 33.3. The number of morpholine rings is 1. The molecule has 1 aliphatic carbocycles. The molecule has 6 unspecified atom stereocenters. The number of hydrogen-bond donors (Lipinski definition) is 1. The maximum Gasteiger partial charge on any atom is 0.230 e. The molecule has 6 rings (SSSR count). The monoisotopic (exact) mass is 460 g/mol. The lowest BCUT2D eigenvalue weighted by molar-refractivity contribution is -0.122. The third-order valence-corrected chi connectivity index (χ3v) is 7.71. The number of aromatic nitrogens is 2. The maximum absolute atomic E-state index is 13.3. The Hall–Kier alpha value is -1.93. The van der Waals surface area contributed by atoms with E-state index in [1.807, 2.05) is 12.4 Å². The number of amides is 1. The summed E-state index contributed by atoms with van der Waals surface area (Å²) in [6, 6.07) is 5.11. The minimum absolute atomic E-state index is 0.0461. The van der Waals surface area contributed by atoms with E-state index in [1.54, 1.807) is 18.2 Å². The van der Waals surface area contributed by atoms with Crippen LogP contribution in [0.15, 0.2) is 30.6 Å². The number of carbonyl (C=O) groups is 1. The molecular weight excluding hydrogens is 439 g/mol. The molecule has 4 aliphatic rings.